The van der Waals surface area contributed by atoms with Crippen molar-refractivity contribution in [3.63, 3.8) is 0 Å². The average Bonchev–Trinajstić information content (AvgIpc) is 2.17. The molecule has 2 heteroatoms. The summed E-state index contributed by atoms with van der Waals surface area (Å²) in [5.41, 5.74) is 0. The van der Waals surface area contributed by atoms with Crippen molar-refractivity contribution in [2.45, 2.75) is 33.7 Å². The number of nitrogens with zero attached hydrogens (tertiary/aromatic N) is 1. The maximum absolute atomic E-state index is 7.53. The molecule has 1 saturated heterocycles. The zero-order valence-corrected chi connectivity index (χ0v) is 7.89. The van der Waals surface area contributed by atoms with Crippen molar-refractivity contribution < 1.29 is 0 Å². The Morgan fingerprint density at radius 2 is 1.91 bits per heavy atom. The zero-order valence-electron chi connectivity index (χ0n) is 7.89. The summed E-state index contributed by atoms with van der Waals surface area (Å²) in [4.78, 5) is 2.19. The van der Waals surface area contributed by atoms with Gasteiger partial charge in [0.25, 0.3) is 0 Å². The van der Waals surface area contributed by atoms with Gasteiger partial charge in [-0.3, -0.25) is 5.41 Å². The molecule has 0 aromatic carbocycles. The summed E-state index contributed by atoms with van der Waals surface area (Å²) < 4.78 is 0. The largest absolute Gasteiger partial charge is 0.358 e. The standard InChI is InChI=1S/C9H18N2/c1-6-5-11(9(4)10)8(3)7(6)2/h6-8,10H,5H2,1-4H3. The van der Waals surface area contributed by atoms with Crippen LogP contribution in [0.4, 0.5) is 0 Å². The van der Waals surface area contributed by atoms with Crippen LogP contribution in [-0.2, 0) is 0 Å². The Balaban J connectivity index is 2.67. The van der Waals surface area contributed by atoms with Crippen molar-refractivity contribution >= 4 is 5.84 Å². The number of nitrogens with one attached hydrogen (secondary N) is 1. The van der Waals surface area contributed by atoms with Crippen LogP contribution in [0, 0.1) is 17.2 Å². The highest BCUT2D eigenvalue weighted by Gasteiger charge is 2.33. The van der Waals surface area contributed by atoms with Crippen LogP contribution in [0.25, 0.3) is 0 Å². The Morgan fingerprint density at radius 3 is 2.09 bits per heavy atom. The van der Waals surface area contributed by atoms with E-state index in [4.69, 9.17) is 5.41 Å². The lowest BCUT2D eigenvalue weighted by Crippen LogP contribution is -2.32. The average molecular weight is 154 g/mol. The highest BCUT2D eigenvalue weighted by Crippen LogP contribution is 2.28. The fourth-order valence-corrected chi connectivity index (χ4v) is 1.84. The molecule has 0 saturated carbocycles. The van der Waals surface area contributed by atoms with Gasteiger partial charge in [0, 0.05) is 12.6 Å². The lowest BCUT2D eigenvalue weighted by Gasteiger charge is -2.23. The Hall–Kier alpha value is -0.530. The van der Waals surface area contributed by atoms with E-state index < -0.39 is 0 Å². The van der Waals surface area contributed by atoms with Gasteiger partial charge in [-0.2, -0.15) is 0 Å². The molecule has 1 aliphatic rings. The van der Waals surface area contributed by atoms with E-state index in [1.54, 1.807) is 0 Å². The smallest absolute Gasteiger partial charge is 0.0928 e. The predicted octanol–water partition coefficient (Wildman–Crippen LogP) is 1.96. The Labute approximate surface area is 69.1 Å². The normalized spacial score (nSPS) is 37.8. The van der Waals surface area contributed by atoms with E-state index in [9.17, 15) is 0 Å². The molecule has 0 radical (unpaired) electrons. The van der Waals surface area contributed by atoms with Crippen LogP contribution in [0.5, 0.6) is 0 Å². The van der Waals surface area contributed by atoms with Crippen LogP contribution in [0.1, 0.15) is 27.7 Å². The lowest BCUT2D eigenvalue weighted by molar-refractivity contribution is 0.362. The number of amidine groups is 1. The first kappa shape index (κ1) is 8.57. The SMILES string of the molecule is CC(=N)N1CC(C)C(C)C1C. The molecule has 11 heavy (non-hydrogen) atoms. The quantitative estimate of drug-likeness (QED) is 0.419. The minimum Gasteiger partial charge on any atom is -0.358 e. The van der Waals surface area contributed by atoms with Crippen molar-refractivity contribution in [2.24, 2.45) is 11.8 Å². The Morgan fingerprint density at radius 1 is 1.36 bits per heavy atom. The molecular formula is C9H18N2. The summed E-state index contributed by atoms with van der Waals surface area (Å²) >= 11 is 0. The highest BCUT2D eigenvalue weighted by molar-refractivity contribution is 5.77. The molecule has 1 rings (SSSR count). The Bertz CT molecular complexity index is 165. The number of likely N-dealkylation sites (tertiary alicyclic amines) is 1. The summed E-state index contributed by atoms with van der Waals surface area (Å²) in [6, 6.07) is 0.558. The molecule has 1 heterocycles. The molecule has 0 aliphatic carbocycles. The zero-order chi connectivity index (χ0) is 8.59. The summed E-state index contributed by atoms with van der Waals surface area (Å²) in [5, 5.41) is 7.53. The van der Waals surface area contributed by atoms with Gasteiger partial charge in [0.2, 0.25) is 0 Å². The van der Waals surface area contributed by atoms with Crippen LogP contribution in [0.15, 0.2) is 0 Å². The van der Waals surface area contributed by atoms with E-state index in [0.29, 0.717) is 11.9 Å². The number of hydrogen-bond donors (Lipinski definition) is 1. The third-order valence-corrected chi connectivity index (χ3v) is 3.07. The van der Waals surface area contributed by atoms with Gasteiger partial charge in [0.15, 0.2) is 0 Å². The minimum absolute atomic E-state index is 0.558. The topological polar surface area (TPSA) is 27.1 Å². The molecule has 1 aliphatic heterocycles. The van der Waals surface area contributed by atoms with E-state index in [-0.39, 0.29) is 0 Å². The predicted molar refractivity (Wildman–Crippen MR) is 47.9 cm³/mol. The molecular weight excluding hydrogens is 136 g/mol. The van der Waals surface area contributed by atoms with E-state index in [0.717, 1.165) is 18.4 Å². The molecule has 0 aromatic heterocycles. The first-order valence-corrected chi connectivity index (χ1v) is 4.35. The lowest BCUT2D eigenvalue weighted by atomic mass is 9.95. The van der Waals surface area contributed by atoms with E-state index in [1.807, 2.05) is 6.92 Å². The van der Waals surface area contributed by atoms with Gasteiger partial charge in [-0.15, -0.1) is 0 Å². The molecule has 0 amide bonds. The van der Waals surface area contributed by atoms with E-state index in [2.05, 4.69) is 25.7 Å². The summed E-state index contributed by atoms with van der Waals surface area (Å²) in [5.74, 6) is 2.19. The van der Waals surface area contributed by atoms with Gasteiger partial charge in [0.05, 0.1) is 5.84 Å². The molecule has 64 valence electrons. The van der Waals surface area contributed by atoms with Gasteiger partial charge in [-0.1, -0.05) is 13.8 Å². The van der Waals surface area contributed by atoms with Crippen LogP contribution >= 0.6 is 0 Å². The van der Waals surface area contributed by atoms with Crippen LogP contribution in [-0.4, -0.2) is 23.3 Å². The Kier molecular flexibility index (Phi) is 2.21. The molecule has 1 fully saturated rings. The summed E-state index contributed by atoms with van der Waals surface area (Å²) in [6.45, 7) is 9.70. The van der Waals surface area contributed by atoms with Gasteiger partial charge >= 0.3 is 0 Å². The van der Waals surface area contributed by atoms with Gasteiger partial charge in [-0.05, 0) is 25.7 Å². The molecule has 3 atom stereocenters. The first-order chi connectivity index (χ1) is 5.04. The number of rotatable bonds is 0. The second kappa shape index (κ2) is 2.84. The monoisotopic (exact) mass is 154 g/mol. The van der Waals surface area contributed by atoms with Crippen LogP contribution < -0.4 is 0 Å². The van der Waals surface area contributed by atoms with E-state index >= 15 is 0 Å². The second-order valence-electron chi connectivity index (χ2n) is 3.81. The van der Waals surface area contributed by atoms with E-state index in [1.165, 1.54) is 0 Å². The first-order valence-electron chi connectivity index (χ1n) is 4.35. The molecule has 0 spiro atoms. The fourth-order valence-electron chi connectivity index (χ4n) is 1.84. The van der Waals surface area contributed by atoms with Crippen molar-refractivity contribution in [3.8, 4) is 0 Å². The molecule has 1 N–H and O–H groups in total. The summed E-state index contributed by atoms with van der Waals surface area (Å²) in [7, 11) is 0. The second-order valence-corrected chi connectivity index (χ2v) is 3.81. The molecule has 2 nitrogen and oxygen atoms in total. The third-order valence-electron chi connectivity index (χ3n) is 3.07. The minimum atomic E-state index is 0.558. The molecule has 0 aromatic rings. The molecule has 3 unspecified atom stereocenters. The maximum Gasteiger partial charge on any atom is 0.0928 e. The summed E-state index contributed by atoms with van der Waals surface area (Å²) in [6.07, 6.45) is 0. The van der Waals surface area contributed by atoms with Gasteiger partial charge < -0.3 is 4.90 Å². The third kappa shape index (κ3) is 1.39. The van der Waals surface area contributed by atoms with Gasteiger partial charge in [0.1, 0.15) is 0 Å². The molecule has 0 bridgehead atoms. The number of hydrogen-bond acceptors (Lipinski definition) is 1. The fraction of sp³-hybridized carbons (Fsp3) is 0.889. The van der Waals surface area contributed by atoms with Crippen molar-refractivity contribution in [1.29, 1.82) is 5.41 Å². The van der Waals surface area contributed by atoms with Crippen molar-refractivity contribution in [2.75, 3.05) is 6.54 Å². The van der Waals surface area contributed by atoms with Crippen LogP contribution in [0.2, 0.25) is 0 Å². The van der Waals surface area contributed by atoms with Crippen molar-refractivity contribution in [1.82, 2.24) is 4.90 Å². The van der Waals surface area contributed by atoms with Crippen LogP contribution in [0.3, 0.4) is 0 Å². The van der Waals surface area contributed by atoms with Crippen molar-refractivity contribution in [3.05, 3.63) is 0 Å². The van der Waals surface area contributed by atoms with Gasteiger partial charge in [-0.25, -0.2) is 0 Å². The maximum atomic E-state index is 7.53. The highest BCUT2D eigenvalue weighted by atomic mass is 15.2.